The van der Waals surface area contributed by atoms with Crippen LogP contribution in [0.3, 0.4) is 0 Å². The van der Waals surface area contributed by atoms with E-state index in [0.29, 0.717) is 19.8 Å². The van der Waals surface area contributed by atoms with Crippen molar-refractivity contribution in [2.24, 2.45) is 5.73 Å². The summed E-state index contributed by atoms with van der Waals surface area (Å²) in [4.78, 5) is 0. The van der Waals surface area contributed by atoms with Crippen molar-refractivity contribution in [3.63, 3.8) is 0 Å². The van der Waals surface area contributed by atoms with E-state index in [2.05, 4.69) is 32.0 Å². The summed E-state index contributed by atoms with van der Waals surface area (Å²) < 4.78 is 11.2. The minimum absolute atomic E-state index is 0.0739. The highest BCUT2D eigenvalue weighted by Crippen LogP contribution is 2.17. The maximum Gasteiger partial charge on any atom is 0.0707 e. The lowest BCUT2D eigenvalue weighted by molar-refractivity contribution is -0.0363. The van der Waals surface area contributed by atoms with E-state index in [1.165, 1.54) is 11.1 Å². The van der Waals surface area contributed by atoms with E-state index in [0.717, 1.165) is 5.56 Å². The van der Waals surface area contributed by atoms with E-state index in [-0.39, 0.29) is 11.6 Å². The smallest absolute Gasteiger partial charge is 0.0707 e. The van der Waals surface area contributed by atoms with E-state index in [1.807, 2.05) is 20.8 Å². The van der Waals surface area contributed by atoms with Crippen molar-refractivity contribution >= 4 is 0 Å². The molecule has 0 spiro atoms. The molecule has 0 aliphatic rings. The van der Waals surface area contributed by atoms with Crippen LogP contribution in [0.1, 0.15) is 43.5 Å². The first kappa shape index (κ1) is 16.2. The van der Waals surface area contributed by atoms with Gasteiger partial charge in [-0.15, -0.1) is 0 Å². The molecular formula is C16H27NO2. The molecule has 1 aromatic rings. The van der Waals surface area contributed by atoms with Gasteiger partial charge in [0.05, 0.1) is 31.5 Å². The van der Waals surface area contributed by atoms with Crippen molar-refractivity contribution in [3.8, 4) is 0 Å². The minimum atomic E-state index is -0.112. The fourth-order valence-electron chi connectivity index (χ4n) is 1.95. The first-order valence-corrected chi connectivity index (χ1v) is 6.84. The number of benzene rings is 1. The van der Waals surface area contributed by atoms with Crippen molar-refractivity contribution in [1.29, 1.82) is 0 Å². The van der Waals surface area contributed by atoms with Crippen LogP contribution >= 0.6 is 0 Å². The number of ether oxygens (including phenoxy) is 2. The molecule has 0 aromatic heterocycles. The Bertz CT molecular complexity index is 396. The molecule has 1 atom stereocenters. The predicted octanol–water partition coefficient (Wildman–Crippen LogP) is 3.13. The second-order valence-electron chi connectivity index (χ2n) is 6.00. The lowest BCUT2D eigenvalue weighted by Crippen LogP contribution is -2.24. The van der Waals surface area contributed by atoms with Gasteiger partial charge in [-0.2, -0.15) is 0 Å². The van der Waals surface area contributed by atoms with E-state index in [4.69, 9.17) is 15.2 Å². The van der Waals surface area contributed by atoms with Gasteiger partial charge >= 0.3 is 0 Å². The Labute approximate surface area is 117 Å². The predicted molar refractivity (Wildman–Crippen MR) is 79.4 cm³/mol. The molecule has 1 rings (SSSR count). The third-order valence-corrected chi connectivity index (χ3v) is 2.88. The van der Waals surface area contributed by atoms with Gasteiger partial charge in [0.15, 0.2) is 0 Å². The Hall–Kier alpha value is -0.900. The molecule has 0 aliphatic carbocycles. The third-order valence-electron chi connectivity index (χ3n) is 2.88. The molecule has 0 saturated heterocycles. The summed E-state index contributed by atoms with van der Waals surface area (Å²) in [6.45, 7) is 12.0. The molecule has 0 heterocycles. The average molecular weight is 265 g/mol. The normalized spacial score (nSPS) is 13.6. The van der Waals surface area contributed by atoms with Gasteiger partial charge in [-0.1, -0.05) is 23.8 Å². The van der Waals surface area contributed by atoms with E-state index in [9.17, 15) is 0 Å². The van der Waals surface area contributed by atoms with Crippen molar-refractivity contribution < 1.29 is 9.47 Å². The lowest BCUT2D eigenvalue weighted by atomic mass is 10.0. The van der Waals surface area contributed by atoms with E-state index >= 15 is 0 Å². The number of rotatable bonds is 6. The van der Waals surface area contributed by atoms with Crippen molar-refractivity contribution in [3.05, 3.63) is 34.9 Å². The fraction of sp³-hybridized carbons (Fsp3) is 0.625. The van der Waals surface area contributed by atoms with Gasteiger partial charge in [-0.25, -0.2) is 0 Å². The fourth-order valence-corrected chi connectivity index (χ4v) is 1.95. The molecule has 3 nitrogen and oxygen atoms in total. The molecule has 0 amide bonds. The van der Waals surface area contributed by atoms with Crippen LogP contribution in [0.5, 0.6) is 0 Å². The quantitative estimate of drug-likeness (QED) is 0.804. The van der Waals surface area contributed by atoms with Crippen LogP contribution in [0.15, 0.2) is 18.2 Å². The topological polar surface area (TPSA) is 44.5 Å². The molecule has 0 fully saturated rings. The van der Waals surface area contributed by atoms with Crippen LogP contribution in [-0.2, 0) is 9.47 Å². The van der Waals surface area contributed by atoms with Gasteiger partial charge in [0.1, 0.15) is 0 Å². The standard InChI is InChI=1S/C16H27NO2/c1-12-6-7-14(13(2)10-12)15(17)11-18-8-9-19-16(3,4)5/h6-7,10,15H,8-9,11,17H2,1-5H3. The second kappa shape index (κ2) is 7.04. The molecule has 1 unspecified atom stereocenters. The third kappa shape index (κ3) is 6.19. The van der Waals surface area contributed by atoms with Crippen LogP contribution in [-0.4, -0.2) is 25.4 Å². The van der Waals surface area contributed by atoms with Gasteiger partial charge in [0.25, 0.3) is 0 Å². The zero-order chi connectivity index (χ0) is 14.5. The molecule has 2 N–H and O–H groups in total. The number of hydrogen-bond donors (Lipinski definition) is 1. The van der Waals surface area contributed by atoms with Gasteiger partial charge in [-0.05, 0) is 45.7 Å². The molecule has 1 aromatic carbocycles. The van der Waals surface area contributed by atoms with Crippen molar-refractivity contribution in [2.75, 3.05) is 19.8 Å². The summed E-state index contributed by atoms with van der Waals surface area (Å²) in [6.07, 6.45) is 0. The zero-order valence-corrected chi connectivity index (χ0v) is 12.8. The first-order valence-electron chi connectivity index (χ1n) is 6.84. The SMILES string of the molecule is Cc1ccc(C(N)COCCOC(C)(C)C)c(C)c1. The summed E-state index contributed by atoms with van der Waals surface area (Å²) in [5, 5.41) is 0. The highest BCUT2D eigenvalue weighted by atomic mass is 16.5. The monoisotopic (exact) mass is 265 g/mol. The Kier molecular flexibility index (Phi) is 5.98. The molecular weight excluding hydrogens is 238 g/mol. The van der Waals surface area contributed by atoms with Crippen LogP contribution < -0.4 is 5.73 Å². The van der Waals surface area contributed by atoms with Crippen LogP contribution in [0.2, 0.25) is 0 Å². The highest BCUT2D eigenvalue weighted by Gasteiger charge is 2.11. The number of nitrogens with two attached hydrogens (primary N) is 1. The summed E-state index contributed by atoms with van der Waals surface area (Å²) in [5.41, 5.74) is 9.67. The molecule has 0 bridgehead atoms. The van der Waals surface area contributed by atoms with E-state index in [1.54, 1.807) is 0 Å². The van der Waals surface area contributed by atoms with E-state index < -0.39 is 0 Å². The van der Waals surface area contributed by atoms with Gasteiger partial charge < -0.3 is 15.2 Å². The first-order chi connectivity index (χ1) is 8.79. The molecule has 0 saturated carbocycles. The maximum absolute atomic E-state index is 6.15. The zero-order valence-electron chi connectivity index (χ0n) is 12.8. The van der Waals surface area contributed by atoms with Gasteiger partial charge in [0, 0.05) is 0 Å². The molecule has 3 heteroatoms. The Morgan fingerprint density at radius 1 is 1.16 bits per heavy atom. The summed E-state index contributed by atoms with van der Waals surface area (Å²) in [6, 6.07) is 6.25. The molecule has 19 heavy (non-hydrogen) atoms. The van der Waals surface area contributed by atoms with Gasteiger partial charge in [-0.3, -0.25) is 0 Å². The highest BCUT2D eigenvalue weighted by molar-refractivity contribution is 5.32. The van der Waals surface area contributed by atoms with Gasteiger partial charge in [0.2, 0.25) is 0 Å². The number of hydrogen-bond acceptors (Lipinski definition) is 3. The lowest BCUT2D eigenvalue weighted by Gasteiger charge is -2.20. The maximum atomic E-state index is 6.15. The van der Waals surface area contributed by atoms with Crippen LogP contribution in [0.25, 0.3) is 0 Å². The average Bonchev–Trinajstić information content (AvgIpc) is 2.26. The molecule has 0 radical (unpaired) electrons. The molecule has 0 aliphatic heterocycles. The number of aryl methyl sites for hydroxylation is 2. The molecule has 108 valence electrons. The summed E-state index contributed by atoms with van der Waals surface area (Å²) in [5.74, 6) is 0. The second-order valence-corrected chi connectivity index (χ2v) is 6.00. The Morgan fingerprint density at radius 3 is 2.42 bits per heavy atom. The minimum Gasteiger partial charge on any atom is -0.377 e. The summed E-state index contributed by atoms with van der Waals surface area (Å²) in [7, 11) is 0. The van der Waals surface area contributed by atoms with Crippen LogP contribution in [0, 0.1) is 13.8 Å². The van der Waals surface area contributed by atoms with Crippen LogP contribution in [0.4, 0.5) is 0 Å². The Morgan fingerprint density at radius 2 is 1.84 bits per heavy atom. The van der Waals surface area contributed by atoms with Crippen molar-refractivity contribution in [1.82, 2.24) is 0 Å². The largest absolute Gasteiger partial charge is 0.377 e. The Balaban J connectivity index is 2.33. The van der Waals surface area contributed by atoms with Crippen molar-refractivity contribution in [2.45, 2.75) is 46.3 Å². The summed E-state index contributed by atoms with van der Waals surface area (Å²) >= 11 is 0.